The van der Waals surface area contributed by atoms with Gasteiger partial charge in [-0.3, -0.25) is 0 Å². The zero-order valence-electron chi connectivity index (χ0n) is 17.9. The largest absolute Gasteiger partial charge is 0.396 e. The van der Waals surface area contributed by atoms with Crippen molar-refractivity contribution in [2.24, 2.45) is 0 Å². The van der Waals surface area contributed by atoms with Crippen molar-refractivity contribution in [1.29, 1.82) is 0 Å². The Bertz CT molecular complexity index is 1240. The van der Waals surface area contributed by atoms with E-state index >= 15 is 0 Å². The zero-order valence-corrected chi connectivity index (χ0v) is 19.5. The van der Waals surface area contributed by atoms with Gasteiger partial charge < -0.3 is 21.5 Å². The van der Waals surface area contributed by atoms with Gasteiger partial charge >= 0.3 is 0 Å². The van der Waals surface area contributed by atoms with E-state index < -0.39 is 14.6 Å². The minimum atomic E-state index is -3.62. The van der Waals surface area contributed by atoms with Crippen LogP contribution in [-0.2, 0) is 14.6 Å². The summed E-state index contributed by atoms with van der Waals surface area (Å²) in [5, 5.41) is 15.4. The van der Waals surface area contributed by atoms with Gasteiger partial charge in [-0.25, -0.2) is 18.4 Å². The first-order chi connectivity index (χ1) is 15.9. The van der Waals surface area contributed by atoms with Gasteiger partial charge in [-0.2, -0.15) is 0 Å². The Balaban J connectivity index is 1.58. The predicted molar refractivity (Wildman–Crippen MR) is 132 cm³/mol. The molecular formula is C23H25N5O3S2. The quantitative estimate of drug-likeness (QED) is 0.282. The number of benzene rings is 2. The van der Waals surface area contributed by atoms with Crippen LogP contribution in [0.25, 0.3) is 11.4 Å². The van der Waals surface area contributed by atoms with Gasteiger partial charge in [-0.1, -0.05) is 18.2 Å². The Hall–Kier alpha value is -3.08. The first-order valence-corrected chi connectivity index (χ1v) is 12.5. The van der Waals surface area contributed by atoms with Crippen molar-refractivity contribution < 1.29 is 13.5 Å². The second-order valence-electron chi connectivity index (χ2n) is 7.85. The molecule has 0 aliphatic heterocycles. The maximum Gasteiger partial charge on any atom is 0.189 e. The number of rotatable bonds is 8. The van der Waals surface area contributed by atoms with Crippen LogP contribution in [-0.4, -0.2) is 41.8 Å². The molecule has 1 fully saturated rings. The summed E-state index contributed by atoms with van der Waals surface area (Å²) in [6, 6.07) is 17.3. The van der Waals surface area contributed by atoms with Gasteiger partial charge in [-0.05, 0) is 67.9 Å². The van der Waals surface area contributed by atoms with Crippen LogP contribution in [0.15, 0.2) is 65.6 Å². The Labute approximate surface area is 198 Å². The summed E-state index contributed by atoms with van der Waals surface area (Å²) in [4.78, 5) is 9.23. The highest BCUT2D eigenvalue weighted by atomic mass is 32.2. The Morgan fingerprint density at radius 3 is 2.42 bits per heavy atom. The number of aromatic nitrogens is 2. The standard InChI is InChI=1S/C23H25N5O3S2/c24-20-15-19(23(11-12-23)33(30,31)18-5-2-1-3-6-18)27-21(28-20)16-7-9-17(10-8-16)26-22(32)25-13-4-14-29/h1-3,5-10,15,29H,4,11-14H2,(H2,24,27,28)(H2,25,26,32). The number of hydrogen-bond acceptors (Lipinski definition) is 7. The lowest BCUT2D eigenvalue weighted by Gasteiger charge is -2.17. The maximum atomic E-state index is 13.4. The third kappa shape index (κ3) is 4.82. The van der Waals surface area contributed by atoms with E-state index in [4.69, 9.17) is 23.1 Å². The summed E-state index contributed by atoms with van der Waals surface area (Å²) in [5.41, 5.74) is 7.96. The molecule has 172 valence electrons. The fraction of sp³-hybridized carbons (Fsp3) is 0.261. The van der Waals surface area contributed by atoms with E-state index in [9.17, 15) is 8.42 Å². The van der Waals surface area contributed by atoms with E-state index in [0.717, 1.165) is 5.69 Å². The van der Waals surface area contributed by atoms with Crippen molar-refractivity contribution in [3.63, 3.8) is 0 Å². The average Bonchev–Trinajstić information content (AvgIpc) is 3.63. The van der Waals surface area contributed by atoms with Crippen LogP contribution in [0, 0.1) is 0 Å². The van der Waals surface area contributed by atoms with Crippen molar-refractivity contribution in [3.8, 4) is 11.4 Å². The van der Waals surface area contributed by atoms with E-state index in [0.29, 0.717) is 48.0 Å². The van der Waals surface area contributed by atoms with Crippen molar-refractivity contribution >= 4 is 38.7 Å². The van der Waals surface area contributed by atoms with Crippen LogP contribution in [0.5, 0.6) is 0 Å². The highest BCUT2D eigenvalue weighted by Gasteiger charge is 2.57. The molecule has 0 atom stereocenters. The van der Waals surface area contributed by atoms with E-state index in [1.165, 1.54) is 0 Å². The number of sulfone groups is 1. The fourth-order valence-corrected chi connectivity index (χ4v) is 5.79. The first kappa shape index (κ1) is 23.1. The van der Waals surface area contributed by atoms with Gasteiger partial charge in [0, 0.05) is 30.5 Å². The van der Waals surface area contributed by atoms with E-state index in [1.54, 1.807) is 36.4 Å². The molecule has 0 bridgehead atoms. The van der Waals surface area contributed by atoms with Crippen LogP contribution >= 0.6 is 12.2 Å². The van der Waals surface area contributed by atoms with Crippen molar-refractivity contribution in [2.75, 3.05) is 24.2 Å². The molecule has 33 heavy (non-hydrogen) atoms. The lowest BCUT2D eigenvalue weighted by atomic mass is 10.1. The van der Waals surface area contributed by atoms with E-state index in [-0.39, 0.29) is 17.3 Å². The molecule has 2 aromatic carbocycles. The molecule has 1 aromatic heterocycles. The van der Waals surface area contributed by atoms with Crippen molar-refractivity contribution in [2.45, 2.75) is 28.9 Å². The number of thiocarbonyl (C=S) groups is 1. The molecule has 3 aromatic rings. The molecule has 1 saturated carbocycles. The van der Waals surface area contributed by atoms with Gasteiger partial charge in [0.1, 0.15) is 10.6 Å². The minimum Gasteiger partial charge on any atom is -0.396 e. The summed E-state index contributed by atoms with van der Waals surface area (Å²) in [6.07, 6.45) is 1.59. The Morgan fingerprint density at radius 1 is 1.09 bits per heavy atom. The molecule has 0 amide bonds. The van der Waals surface area contributed by atoms with Gasteiger partial charge in [0.25, 0.3) is 0 Å². The highest BCUT2D eigenvalue weighted by Crippen LogP contribution is 2.54. The zero-order chi connectivity index (χ0) is 23.5. The van der Waals surface area contributed by atoms with Gasteiger partial charge in [0.05, 0.1) is 10.6 Å². The molecule has 0 radical (unpaired) electrons. The number of anilines is 2. The third-order valence-corrected chi connectivity index (χ3v) is 8.29. The molecule has 4 rings (SSSR count). The van der Waals surface area contributed by atoms with Gasteiger partial charge in [0.15, 0.2) is 20.8 Å². The minimum absolute atomic E-state index is 0.0977. The Kier molecular flexibility index (Phi) is 6.59. The molecule has 10 heteroatoms. The molecule has 1 aliphatic carbocycles. The average molecular weight is 484 g/mol. The van der Waals surface area contributed by atoms with Crippen molar-refractivity contribution in [1.82, 2.24) is 15.3 Å². The molecule has 8 nitrogen and oxygen atoms in total. The number of aliphatic hydroxyl groups excluding tert-OH is 1. The van der Waals surface area contributed by atoms with Crippen LogP contribution < -0.4 is 16.4 Å². The number of hydrogen-bond donors (Lipinski definition) is 4. The predicted octanol–water partition coefficient (Wildman–Crippen LogP) is 2.86. The summed E-state index contributed by atoms with van der Waals surface area (Å²) >= 11 is 5.23. The summed E-state index contributed by atoms with van der Waals surface area (Å²) < 4.78 is 25.7. The molecule has 0 spiro atoms. The smallest absolute Gasteiger partial charge is 0.189 e. The molecule has 5 N–H and O–H groups in total. The number of aliphatic hydroxyl groups is 1. The molecule has 0 unspecified atom stereocenters. The normalized spacial score (nSPS) is 14.5. The van der Waals surface area contributed by atoms with Crippen LogP contribution in [0.1, 0.15) is 25.0 Å². The summed E-state index contributed by atoms with van der Waals surface area (Å²) in [6.45, 7) is 0.675. The number of nitrogens with zero attached hydrogens (tertiary/aromatic N) is 2. The van der Waals surface area contributed by atoms with Crippen LogP contribution in [0.2, 0.25) is 0 Å². The Morgan fingerprint density at radius 2 is 1.79 bits per heavy atom. The molecular weight excluding hydrogens is 458 g/mol. The second-order valence-corrected chi connectivity index (χ2v) is 10.5. The number of nitrogens with one attached hydrogen (secondary N) is 2. The molecule has 0 saturated heterocycles. The third-order valence-electron chi connectivity index (χ3n) is 5.51. The van der Waals surface area contributed by atoms with Crippen LogP contribution in [0.3, 0.4) is 0 Å². The lowest BCUT2D eigenvalue weighted by Crippen LogP contribution is -2.29. The van der Waals surface area contributed by atoms with Gasteiger partial charge in [0.2, 0.25) is 0 Å². The fourth-order valence-electron chi connectivity index (χ4n) is 3.59. The van der Waals surface area contributed by atoms with E-state index in [2.05, 4.69) is 20.6 Å². The highest BCUT2D eigenvalue weighted by molar-refractivity contribution is 7.92. The van der Waals surface area contributed by atoms with Gasteiger partial charge in [-0.15, -0.1) is 0 Å². The molecule has 1 heterocycles. The monoisotopic (exact) mass is 483 g/mol. The maximum absolute atomic E-state index is 13.4. The number of nitrogens with two attached hydrogens (primary N) is 1. The second kappa shape index (κ2) is 9.42. The summed E-state index contributed by atoms with van der Waals surface area (Å²) in [5.74, 6) is 0.593. The topological polar surface area (TPSA) is 130 Å². The molecule has 1 aliphatic rings. The summed E-state index contributed by atoms with van der Waals surface area (Å²) in [7, 11) is -3.62. The van der Waals surface area contributed by atoms with E-state index in [1.807, 2.05) is 24.3 Å². The van der Waals surface area contributed by atoms with Crippen molar-refractivity contribution in [3.05, 3.63) is 66.4 Å². The SMILES string of the molecule is Nc1cc(C2(S(=O)(=O)c3ccccc3)CC2)nc(-c2ccc(NC(=S)NCCCO)cc2)n1. The van der Waals surface area contributed by atoms with Crippen LogP contribution in [0.4, 0.5) is 11.5 Å². The lowest BCUT2D eigenvalue weighted by molar-refractivity contribution is 0.289. The number of nitrogen functional groups attached to an aromatic ring is 1. The first-order valence-electron chi connectivity index (χ1n) is 10.6.